The van der Waals surface area contributed by atoms with Gasteiger partial charge in [0.1, 0.15) is 0 Å². The predicted octanol–water partition coefficient (Wildman–Crippen LogP) is 5.33. The zero-order chi connectivity index (χ0) is 21.4. The fourth-order valence-electron chi connectivity index (χ4n) is 3.50. The Kier molecular flexibility index (Phi) is 5.02. The van der Waals surface area contributed by atoms with Crippen molar-refractivity contribution in [1.29, 1.82) is 0 Å². The Balaban J connectivity index is 1.47. The minimum absolute atomic E-state index is 0.264. The van der Waals surface area contributed by atoms with E-state index in [2.05, 4.69) is 51.9 Å². The zero-order valence-electron chi connectivity index (χ0n) is 16.5. The maximum atomic E-state index is 12.3. The van der Waals surface area contributed by atoms with Gasteiger partial charge >= 0.3 is 0 Å². The predicted molar refractivity (Wildman–Crippen MR) is 126 cm³/mol. The quantitative estimate of drug-likeness (QED) is 0.426. The largest absolute Gasteiger partial charge is 0.320 e. The van der Waals surface area contributed by atoms with Gasteiger partial charge in [-0.3, -0.25) is 4.79 Å². The van der Waals surface area contributed by atoms with Gasteiger partial charge in [-0.15, -0.1) is 21.5 Å². The van der Waals surface area contributed by atoms with Crippen LogP contribution in [0.15, 0.2) is 88.4 Å². The second-order valence-corrected chi connectivity index (χ2v) is 8.37. The number of rotatable bonds is 3. The molecule has 152 valence electrons. The summed E-state index contributed by atoms with van der Waals surface area (Å²) in [4.78, 5) is 13.0. The van der Waals surface area contributed by atoms with Crippen molar-refractivity contribution >= 4 is 40.2 Å². The second kappa shape index (κ2) is 7.98. The van der Waals surface area contributed by atoms with Gasteiger partial charge in [0.15, 0.2) is 5.71 Å². The molecule has 0 fully saturated rings. The lowest BCUT2D eigenvalue weighted by molar-refractivity contribution is -0.110. The fraction of sp³-hybridized carbons (Fsp3) is 0.0417. The van der Waals surface area contributed by atoms with Crippen LogP contribution < -0.4 is 10.1 Å². The van der Waals surface area contributed by atoms with Crippen molar-refractivity contribution in [3.63, 3.8) is 0 Å². The standard InChI is InChI=1S/C24H17ClN4OS/c1-29-21(17-9-7-16(8-10-17)15-5-3-2-4-6-15)14-31-24(29)28-27-22-19-13-18(25)11-12-20(19)26-23(22)30/h2-14H,1H3,(H,26,27,30)/b28-24+. The lowest BCUT2D eigenvalue weighted by atomic mass is 10.0. The zero-order valence-corrected chi connectivity index (χ0v) is 18.1. The molecule has 0 spiro atoms. The lowest BCUT2D eigenvalue weighted by Crippen LogP contribution is -2.15. The number of amides is 1. The third kappa shape index (κ3) is 3.71. The minimum Gasteiger partial charge on any atom is -0.320 e. The Morgan fingerprint density at radius 2 is 1.61 bits per heavy atom. The van der Waals surface area contributed by atoms with Crippen LogP contribution in [-0.2, 0) is 11.8 Å². The molecule has 1 amide bonds. The molecule has 0 bridgehead atoms. The summed E-state index contributed by atoms with van der Waals surface area (Å²) in [7, 11) is 1.94. The number of fused-ring (bicyclic) bond motifs is 1. The number of halogens is 1. The summed E-state index contributed by atoms with van der Waals surface area (Å²) >= 11 is 7.55. The average Bonchev–Trinajstić information content (AvgIpc) is 3.31. The maximum Gasteiger partial charge on any atom is 0.276 e. The Bertz CT molecular complexity index is 1390. The first kappa shape index (κ1) is 19.5. The van der Waals surface area contributed by atoms with Crippen LogP contribution in [-0.4, -0.2) is 16.2 Å². The Labute approximate surface area is 188 Å². The molecule has 0 unspecified atom stereocenters. The van der Waals surface area contributed by atoms with E-state index in [4.69, 9.17) is 11.6 Å². The van der Waals surface area contributed by atoms with Gasteiger partial charge in [0, 0.05) is 23.0 Å². The molecule has 0 atom stereocenters. The number of thiazole rings is 1. The fourth-order valence-corrected chi connectivity index (χ4v) is 4.53. The summed E-state index contributed by atoms with van der Waals surface area (Å²) in [6.45, 7) is 0. The van der Waals surface area contributed by atoms with Gasteiger partial charge in [0.25, 0.3) is 5.91 Å². The molecular weight excluding hydrogens is 428 g/mol. The summed E-state index contributed by atoms with van der Waals surface area (Å²) in [5, 5.41) is 14.0. The number of hydrogen-bond acceptors (Lipinski definition) is 4. The lowest BCUT2D eigenvalue weighted by Gasteiger charge is -2.05. The second-order valence-electron chi connectivity index (χ2n) is 7.10. The van der Waals surface area contributed by atoms with E-state index >= 15 is 0 Å². The van der Waals surface area contributed by atoms with Crippen LogP contribution in [0.1, 0.15) is 5.56 Å². The van der Waals surface area contributed by atoms with E-state index in [0.717, 1.165) is 11.3 Å². The van der Waals surface area contributed by atoms with Gasteiger partial charge in [0.2, 0.25) is 4.80 Å². The molecular formula is C24H17ClN4OS. The highest BCUT2D eigenvalue weighted by molar-refractivity contribution is 7.07. The Hall–Kier alpha value is -3.48. The molecule has 5 nitrogen and oxygen atoms in total. The van der Waals surface area contributed by atoms with Gasteiger partial charge in [-0.1, -0.05) is 66.2 Å². The van der Waals surface area contributed by atoms with E-state index in [1.54, 1.807) is 18.2 Å². The summed E-state index contributed by atoms with van der Waals surface area (Å²) < 4.78 is 1.97. The van der Waals surface area contributed by atoms with Crippen LogP contribution in [0.4, 0.5) is 5.69 Å². The van der Waals surface area contributed by atoms with Gasteiger partial charge in [-0.2, -0.15) is 0 Å². The van der Waals surface area contributed by atoms with E-state index in [0.29, 0.717) is 21.1 Å². The number of aromatic nitrogens is 1. The normalized spacial score (nSPS) is 14.7. The molecule has 31 heavy (non-hydrogen) atoms. The van der Waals surface area contributed by atoms with Crippen LogP contribution in [0.3, 0.4) is 0 Å². The van der Waals surface area contributed by atoms with E-state index in [9.17, 15) is 4.79 Å². The molecule has 1 aliphatic heterocycles. The number of carbonyl (C=O) groups is 1. The molecule has 0 aliphatic carbocycles. The van der Waals surface area contributed by atoms with E-state index < -0.39 is 0 Å². The maximum absolute atomic E-state index is 12.3. The van der Waals surface area contributed by atoms with Crippen LogP contribution in [0.5, 0.6) is 0 Å². The summed E-state index contributed by atoms with van der Waals surface area (Å²) in [5.74, 6) is -0.281. The number of nitrogens with one attached hydrogen (secondary N) is 1. The van der Waals surface area contributed by atoms with Crippen LogP contribution in [0.25, 0.3) is 22.4 Å². The van der Waals surface area contributed by atoms with Crippen molar-refractivity contribution in [3.8, 4) is 22.4 Å². The topological polar surface area (TPSA) is 58.8 Å². The van der Waals surface area contributed by atoms with Crippen molar-refractivity contribution in [2.24, 2.45) is 17.3 Å². The molecule has 1 aromatic heterocycles. The molecule has 0 saturated heterocycles. The van der Waals surface area contributed by atoms with E-state index in [1.807, 2.05) is 35.2 Å². The molecule has 1 N–H and O–H groups in total. The van der Waals surface area contributed by atoms with Gasteiger partial charge < -0.3 is 9.88 Å². The number of hydrogen-bond donors (Lipinski definition) is 1. The molecule has 7 heteroatoms. The van der Waals surface area contributed by atoms with Crippen molar-refractivity contribution in [2.75, 3.05) is 5.32 Å². The van der Waals surface area contributed by atoms with E-state index in [1.165, 1.54) is 22.5 Å². The Morgan fingerprint density at radius 3 is 2.39 bits per heavy atom. The molecule has 3 aromatic carbocycles. The number of anilines is 1. The molecule has 0 radical (unpaired) electrons. The highest BCUT2D eigenvalue weighted by Gasteiger charge is 2.26. The molecule has 5 rings (SSSR count). The van der Waals surface area contributed by atoms with Crippen molar-refractivity contribution in [2.45, 2.75) is 0 Å². The first-order valence-electron chi connectivity index (χ1n) is 9.63. The van der Waals surface area contributed by atoms with Gasteiger partial charge in [-0.05, 0) is 34.9 Å². The smallest absolute Gasteiger partial charge is 0.276 e. The monoisotopic (exact) mass is 444 g/mol. The molecule has 4 aromatic rings. The van der Waals surface area contributed by atoms with Crippen LogP contribution >= 0.6 is 22.9 Å². The van der Waals surface area contributed by atoms with Gasteiger partial charge in [-0.25, -0.2) is 0 Å². The molecule has 1 aliphatic rings. The third-order valence-electron chi connectivity index (χ3n) is 5.15. The average molecular weight is 445 g/mol. The summed E-state index contributed by atoms with van der Waals surface area (Å²) in [6, 6.07) is 23.9. The highest BCUT2D eigenvalue weighted by atomic mass is 35.5. The highest BCUT2D eigenvalue weighted by Crippen LogP contribution is 2.27. The van der Waals surface area contributed by atoms with Crippen LogP contribution in [0, 0.1) is 0 Å². The molecule has 0 saturated carbocycles. The number of nitrogens with zero attached hydrogens (tertiary/aromatic N) is 3. The van der Waals surface area contributed by atoms with Crippen molar-refractivity contribution in [3.05, 3.63) is 93.6 Å². The number of carbonyl (C=O) groups excluding carboxylic acids is 1. The van der Waals surface area contributed by atoms with Crippen molar-refractivity contribution in [1.82, 2.24) is 4.57 Å². The number of benzene rings is 3. The van der Waals surface area contributed by atoms with E-state index in [-0.39, 0.29) is 11.6 Å². The first-order valence-corrected chi connectivity index (χ1v) is 10.9. The minimum atomic E-state index is -0.281. The first-order chi connectivity index (χ1) is 15.1. The molecule has 2 heterocycles. The summed E-state index contributed by atoms with van der Waals surface area (Å²) in [5.41, 5.74) is 6.09. The SMILES string of the molecule is Cn1c(-c2ccc(-c3ccccc3)cc2)cs/c1=N/N=C1\C(=O)Nc2ccc(Cl)cc21. The third-order valence-corrected chi connectivity index (χ3v) is 6.29. The summed E-state index contributed by atoms with van der Waals surface area (Å²) in [6.07, 6.45) is 0. The van der Waals surface area contributed by atoms with Crippen LogP contribution in [0.2, 0.25) is 5.02 Å². The van der Waals surface area contributed by atoms with Gasteiger partial charge in [0.05, 0.1) is 11.4 Å². The van der Waals surface area contributed by atoms with Crippen molar-refractivity contribution < 1.29 is 4.79 Å². The Morgan fingerprint density at radius 1 is 0.903 bits per heavy atom.